The molecule has 0 fully saturated rings. The van der Waals surface area contributed by atoms with Crippen molar-refractivity contribution in [3.63, 3.8) is 0 Å². The molecule has 0 bridgehead atoms. The van der Waals surface area contributed by atoms with E-state index in [-0.39, 0.29) is 23.0 Å². The average Bonchev–Trinajstić information content (AvgIpc) is 3.08. The number of carbonyl (C=O) groups excluding carboxylic acids is 1. The first-order valence-corrected chi connectivity index (χ1v) is 11.9. The molecule has 9 heteroatoms. The van der Waals surface area contributed by atoms with Crippen molar-refractivity contribution in [3.8, 4) is 5.75 Å². The van der Waals surface area contributed by atoms with Gasteiger partial charge in [-0.15, -0.1) is 0 Å². The maximum atomic E-state index is 12.6. The van der Waals surface area contributed by atoms with E-state index in [0.717, 1.165) is 16.0 Å². The molecule has 0 saturated carbocycles. The molecule has 0 aliphatic heterocycles. The van der Waals surface area contributed by atoms with Crippen LogP contribution in [0.3, 0.4) is 0 Å². The largest absolute Gasteiger partial charge is 0.497 e. The van der Waals surface area contributed by atoms with E-state index in [4.69, 9.17) is 9.47 Å². The van der Waals surface area contributed by atoms with Crippen LogP contribution in [0.5, 0.6) is 5.75 Å². The average molecular weight is 449 g/mol. The second kappa shape index (κ2) is 9.55. The van der Waals surface area contributed by atoms with Crippen molar-refractivity contribution in [2.75, 3.05) is 26.6 Å². The topological polar surface area (TPSA) is 87.0 Å². The normalized spacial score (nSPS) is 12.4. The maximum absolute atomic E-state index is 12.6. The highest BCUT2D eigenvalue weighted by Gasteiger charge is 2.12. The Bertz CT molecular complexity index is 1210. The number of amides is 1. The molecule has 30 heavy (non-hydrogen) atoms. The summed E-state index contributed by atoms with van der Waals surface area (Å²) in [5.41, 5.74) is 1.67. The lowest BCUT2D eigenvalue weighted by molar-refractivity contribution is -0.117. The van der Waals surface area contributed by atoms with Gasteiger partial charge in [-0.1, -0.05) is 30.4 Å². The van der Waals surface area contributed by atoms with E-state index in [0.29, 0.717) is 23.5 Å². The minimum Gasteiger partial charge on any atom is -0.497 e. The molecule has 1 amide bonds. The lowest BCUT2D eigenvalue weighted by Crippen LogP contribution is -2.19. The van der Waals surface area contributed by atoms with Gasteiger partial charge in [-0.05, 0) is 35.9 Å². The van der Waals surface area contributed by atoms with Gasteiger partial charge in [0.2, 0.25) is 0 Å². The zero-order chi connectivity index (χ0) is 21.7. The van der Waals surface area contributed by atoms with Gasteiger partial charge < -0.3 is 14.0 Å². The number of aromatic nitrogens is 1. The Hall–Kier alpha value is -2.49. The zero-order valence-electron chi connectivity index (χ0n) is 17.1. The third-order valence-corrected chi connectivity index (χ3v) is 7.44. The molecule has 0 radical (unpaired) electrons. The summed E-state index contributed by atoms with van der Waals surface area (Å²) >= 11 is 1.41. The number of methoxy groups -OCH3 is 2. The first-order chi connectivity index (χ1) is 14.4. The number of carbonyl (C=O) groups is 1. The second-order valence-electron chi connectivity index (χ2n) is 6.59. The minimum absolute atomic E-state index is 0.0405. The number of hydrogen-bond acceptors (Lipinski definition) is 6. The second-order valence-corrected chi connectivity index (χ2v) is 9.88. The molecule has 160 valence electrons. The highest BCUT2D eigenvalue weighted by molar-refractivity contribution is 7.91. The standard InChI is InChI=1S/C21H24N2O5S2/c1-4-30(25,26)17-8-5-15(6-9-17)13-20(24)22-21-23(11-12-27-2)18-10-7-16(28-3)14-19(18)29-21/h5-10,14H,4,11-13H2,1-3H3. The third-order valence-electron chi connectivity index (χ3n) is 4.65. The molecular weight excluding hydrogens is 424 g/mol. The van der Waals surface area contributed by atoms with E-state index in [1.807, 2.05) is 22.8 Å². The van der Waals surface area contributed by atoms with E-state index >= 15 is 0 Å². The van der Waals surface area contributed by atoms with Crippen LogP contribution >= 0.6 is 11.3 Å². The van der Waals surface area contributed by atoms with Crippen LogP contribution in [0.25, 0.3) is 10.2 Å². The van der Waals surface area contributed by atoms with Crippen molar-refractivity contribution in [1.29, 1.82) is 0 Å². The summed E-state index contributed by atoms with van der Waals surface area (Å²) in [5.74, 6) is 0.479. The predicted octanol–water partition coefficient (Wildman–Crippen LogP) is 2.82. The highest BCUT2D eigenvalue weighted by atomic mass is 32.2. The van der Waals surface area contributed by atoms with Crippen LogP contribution < -0.4 is 9.54 Å². The van der Waals surface area contributed by atoms with Crippen LogP contribution in [0.2, 0.25) is 0 Å². The number of nitrogens with zero attached hydrogens (tertiary/aromatic N) is 2. The fourth-order valence-electron chi connectivity index (χ4n) is 2.97. The summed E-state index contributed by atoms with van der Waals surface area (Å²) in [6, 6.07) is 12.1. The molecule has 0 saturated heterocycles. The minimum atomic E-state index is -3.26. The van der Waals surface area contributed by atoms with Gasteiger partial charge in [-0.2, -0.15) is 4.99 Å². The number of rotatable bonds is 8. The maximum Gasteiger partial charge on any atom is 0.252 e. The molecule has 0 unspecified atom stereocenters. The first-order valence-electron chi connectivity index (χ1n) is 9.43. The molecule has 0 spiro atoms. The molecule has 0 aliphatic carbocycles. The molecule has 3 aromatic rings. The van der Waals surface area contributed by atoms with Gasteiger partial charge in [0.25, 0.3) is 5.91 Å². The van der Waals surface area contributed by atoms with Crippen LogP contribution in [-0.2, 0) is 32.3 Å². The predicted molar refractivity (Wildman–Crippen MR) is 117 cm³/mol. The van der Waals surface area contributed by atoms with E-state index in [1.165, 1.54) is 23.5 Å². The monoisotopic (exact) mass is 448 g/mol. The van der Waals surface area contributed by atoms with Crippen molar-refractivity contribution in [2.24, 2.45) is 4.99 Å². The van der Waals surface area contributed by atoms with Crippen LogP contribution in [0.4, 0.5) is 0 Å². The number of fused-ring (bicyclic) bond motifs is 1. The van der Waals surface area contributed by atoms with Gasteiger partial charge in [0.1, 0.15) is 5.75 Å². The summed E-state index contributed by atoms with van der Waals surface area (Å²) in [4.78, 5) is 17.8. The number of benzene rings is 2. The molecule has 1 heterocycles. The molecule has 1 aromatic heterocycles. The van der Waals surface area contributed by atoms with Gasteiger partial charge in [0.05, 0.1) is 41.0 Å². The highest BCUT2D eigenvalue weighted by Crippen LogP contribution is 2.23. The quantitative estimate of drug-likeness (QED) is 0.529. The van der Waals surface area contributed by atoms with Crippen LogP contribution in [0.15, 0.2) is 52.4 Å². The third kappa shape index (κ3) is 4.97. The summed E-state index contributed by atoms with van der Waals surface area (Å²) in [6.07, 6.45) is 0.0916. The molecule has 3 rings (SSSR count). The smallest absolute Gasteiger partial charge is 0.252 e. The van der Waals surface area contributed by atoms with Gasteiger partial charge >= 0.3 is 0 Å². The summed E-state index contributed by atoms with van der Waals surface area (Å²) < 4.78 is 37.3. The van der Waals surface area contributed by atoms with Gasteiger partial charge in [-0.3, -0.25) is 4.79 Å². The van der Waals surface area contributed by atoms with Gasteiger partial charge in [0.15, 0.2) is 14.6 Å². The molecule has 7 nitrogen and oxygen atoms in total. The van der Waals surface area contributed by atoms with Crippen molar-refractivity contribution in [1.82, 2.24) is 4.57 Å². The summed E-state index contributed by atoms with van der Waals surface area (Å²) in [7, 11) is -0.0210. The summed E-state index contributed by atoms with van der Waals surface area (Å²) in [5, 5.41) is 0. The Morgan fingerprint density at radius 3 is 2.50 bits per heavy atom. The van der Waals surface area contributed by atoms with Crippen LogP contribution in [-0.4, -0.2) is 45.5 Å². The van der Waals surface area contributed by atoms with E-state index < -0.39 is 9.84 Å². The first kappa shape index (κ1) is 22.2. The van der Waals surface area contributed by atoms with E-state index in [9.17, 15) is 13.2 Å². The van der Waals surface area contributed by atoms with Crippen LogP contribution in [0.1, 0.15) is 12.5 Å². The Morgan fingerprint density at radius 1 is 1.13 bits per heavy atom. The van der Waals surface area contributed by atoms with Gasteiger partial charge in [-0.25, -0.2) is 8.42 Å². The lowest BCUT2D eigenvalue weighted by Gasteiger charge is -2.05. The number of thiazole rings is 1. The Labute approximate surface area is 179 Å². The Morgan fingerprint density at radius 2 is 1.87 bits per heavy atom. The Kier molecular flexibility index (Phi) is 7.06. The molecule has 0 aliphatic rings. The Balaban J connectivity index is 1.90. The number of sulfone groups is 1. The molecule has 2 aromatic carbocycles. The fourth-order valence-corrected chi connectivity index (χ4v) is 4.95. The van der Waals surface area contributed by atoms with E-state index in [2.05, 4.69) is 4.99 Å². The molecule has 0 N–H and O–H groups in total. The van der Waals surface area contributed by atoms with E-state index in [1.54, 1.807) is 33.3 Å². The number of ether oxygens (including phenoxy) is 2. The van der Waals surface area contributed by atoms with Crippen molar-refractivity contribution < 1.29 is 22.7 Å². The lowest BCUT2D eigenvalue weighted by atomic mass is 10.1. The van der Waals surface area contributed by atoms with Gasteiger partial charge in [0, 0.05) is 13.7 Å². The van der Waals surface area contributed by atoms with Crippen molar-refractivity contribution in [3.05, 3.63) is 52.8 Å². The van der Waals surface area contributed by atoms with Crippen molar-refractivity contribution >= 4 is 37.3 Å². The molecular formula is C21H24N2O5S2. The van der Waals surface area contributed by atoms with Crippen LogP contribution in [0, 0.1) is 0 Å². The molecule has 0 atom stereocenters. The van der Waals surface area contributed by atoms with Crippen molar-refractivity contribution in [2.45, 2.75) is 24.8 Å². The zero-order valence-corrected chi connectivity index (χ0v) is 18.8. The summed E-state index contributed by atoms with van der Waals surface area (Å²) in [6.45, 7) is 2.66. The fraction of sp³-hybridized carbons (Fsp3) is 0.333. The SMILES string of the molecule is CCS(=O)(=O)c1ccc(CC(=O)N=c2sc3cc(OC)ccc3n2CCOC)cc1. The number of hydrogen-bond donors (Lipinski definition) is 0.